The molecule has 2 aromatic rings. The van der Waals surface area contributed by atoms with E-state index in [1.807, 2.05) is 31.5 Å². The summed E-state index contributed by atoms with van der Waals surface area (Å²) in [5.41, 5.74) is 4.18. The Morgan fingerprint density at radius 1 is 1.32 bits per heavy atom. The number of carbonyl (C=O) groups is 1. The molecule has 0 radical (unpaired) electrons. The van der Waals surface area contributed by atoms with Crippen LogP contribution >= 0.6 is 0 Å². The lowest BCUT2D eigenvalue weighted by molar-refractivity contribution is -0.121. The molecule has 0 aliphatic rings. The molecule has 0 atom stereocenters. The van der Waals surface area contributed by atoms with Crippen LogP contribution in [0.3, 0.4) is 0 Å². The Labute approximate surface area is 130 Å². The van der Waals surface area contributed by atoms with Crippen molar-refractivity contribution in [3.63, 3.8) is 0 Å². The van der Waals surface area contributed by atoms with Gasteiger partial charge in [-0.05, 0) is 50.5 Å². The van der Waals surface area contributed by atoms with E-state index in [-0.39, 0.29) is 11.7 Å². The molecular weight excluding hydrogens is 281 g/mol. The number of aryl methyl sites for hydroxylation is 2. The standard InChI is InChI=1S/C17H22FN3O/c1-12-13(2)20-21(14(12)3)10-9-19-17(22)8-7-15-5-4-6-16(18)11-15/h4-6,11H,7-10H2,1-3H3,(H,19,22). The van der Waals surface area contributed by atoms with E-state index in [0.29, 0.717) is 25.9 Å². The van der Waals surface area contributed by atoms with Crippen molar-refractivity contribution < 1.29 is 9.18 Å². The maximum absolute atomic E-state index is 13.0. The molecule has 0 aliphatic heterocycles. The summed E-state index contributed by atoms with van der Waals surface area (Å²) in [4.78, 5) is 11.8. The Kier molecular flexibility index (Phi) is 5.31. The lowest BCUT2D eigenvalue weighted by atomic mass is 10.1. The monoisotopic (exact) mass is 303 g/mol. The van der Waals surface area contributed by atoms with Crippen LogP contribution < -0.4 is 5.32 Å². The average molecular weight is 303 g/mol. The summed E-state index contributed by atoms with van der Waals surface area (Å²) in [6, 6.07) is 6.36. The minimum Gasteiger partial charge on any atom is -0.354 e. The van der Waals surface area contributed by atoms with Gasteiger partial charge in [0, 0.05) is 18.7 Å². The van der Waals surface area contributed by atoms with Gasteiger partial charge >= 0.3 is 0 Å². The molecule has 0 saturated carbocycles. The minimum absolute atomic E-state index is 0.0254. The molecule has 0 spiro atoms. The van der Waals surface area contributed by atoms with E-state index < -0.39 is 0 Å². The molecule has 0 fully saturated rings. The van der Waals surface area contributed by atoms with Gasteiger partial charge in [0.1, 0.15) is 5.82 Å². The van der Waals surface area contributed by atoms with Gasteiger partial charge in [0.05, 0.1) is 12.2 Å². The number of hydrogen-bond acceptors (Lipinski definition) is 2. The molecule has 0 aliphatic carbocycles. The summed E-state index contributed by atoms with van der Waals surface area (Å²) < 4.78 is 15.0. The van der Waals surface area contributed by atoms with Crippen molar-refractivity contribution in [1.29, 1.82) is 0 Å². The topological polar surface area (TPSA) is 46.9 Å². The molecule has 0 bridgehead atoms. The van der Waals surface area contributed by atoms with Gasteiger partial charge in [0.2, 0.25) is 5.91 Å². The lowest BCUT2D eigenvalue weighted by Gasteiger charge is -2.07. The van der Waals surface area contributed by atoms with Crippen LogP contribution in [0.15, 0.2) is 24.3 Å². The van der Waals surface area contributed by atoms with Crippen molar-refractivity contribution in [2.45, 2.75) is 40.2 Å². The summed E-state index contributed by atoms with van der Waals surface area (Å²) in [5, 5.41) is 7.31. The maximum Gasteiger partial charge on any atom is 0.220 e. The molecular formula is C17H22FN3O. The second-order valence-electron chi connectivity index (χ2n) is 5.50. The molecule has 0 saturated heterocycles. The maximum atomic E-state index is 13.0. The van der Waals surface area contributed by atoms with Crippen molar-refractivity contribution in [3.8, 4) is 0 Å². The van der Waals surface area contributed by atoms with Crippen LogP contribution in [0.1, 0.15) is 28.9 Å². The van der Waals surface area contributed by atoms with E-state index in [1.165, 1.54) is 17.7 Å². The van der Waals surface area contributed by atoms with Gasteiger partial charge in [-0.15, -0.1) is 0 Å². The highest BCUT2D eigenvalue weighted by atomic mass is 19.1. The predicted molar refractivity (Wildman–Crippen MR) is 84.2 cm³/mol. The van der Waals surface area contributed by atoms with E-state index in [1.54, 1.807) is 6.07 Å². The SMILES string of the molecule is Cc1nn(CCNC(=O)CCc2cccc(F)c2)c(C)c1C. The first-order valence-corrected chi connectivity index (χ1v) is 7.49. The van der Waals surface area contributed by atoms with E-state index in [4.69, 9.17) is 0 Å². The lowest BCUT2D eigenvalue weighted by Crippen LogP contribution is -2.28. The highest BCUT2D eigenvalue weighted by Crippen LogP contribution is 2.10. The van der Waals surface area contributed by atoms with Crippen LogP contribution in [0.2, 0.25) is 0 Å². The molecule has 118 valence electrons. The van der Waals surface area contributed by atoms with Crippen molar-refractivity contribution in [1.82, 2.24) is 15.1 Å². The van der Waals surface area contributed by atoms with Crippen molar-refractivity contribution in [2.75, 3.05) is 6.54 Å². The third-order valence-electron chi connectivity index (χ3n) is 3.92. The fraction of sp³-hybridized carbons (Fsp3) is 0.412. The number of halogens is 1. The highest BCUT2D eigenvalue weighted by molar-refractivity contribution is 5.76. The molecule has 1 heterocycles. The normalized spacial score (nSPS) is 10.7. The number of benzene rings is 1. The Hall–Kier alpha value is -2.17. The van der Waals surface area contributed by atoms with Crippen molar-refractivity contribution in [2.24, 2.45) is 0 Å². The summed E-state index contributed by atoms with van der Waals surface area (Å²) in [7, 11) is 0. The largest absolute Gasteiger partial charge is 0.354 e. The number of amides is 1. The highest BCUT2D eigenvalue weighted by Gasteiger charge is 2.07. The zero-order chi connectivity index (χ0) is 16.1. The van der Waals surface area contributed by atoms with Crippen molar-refractivity contribution >= 4 is 5.91 Å². The summed E-state index contributed by atoms with van der Waals surface area (Å²) >= 11 is 0. The Morgan fingerprint density at radius 2 is 2.09 bits per heavy atom. The summed E-state index contributed by atoms with van der Waals surface area (Å²) in [5.74, 6) is -0.291. The van der Waals surface area contributed by atoms with Crippen LogP contribution in [0.4, 0.5) is 4.39 Å². The van der Waals surface area contributed by atoms with Crippen LogP contribution in [-0.4, -0.2) is 22.2 Å². The van der Waals surface area contributed by atoms with E-state index in [9.17, 15) is 9.18 Å². The second-order valence-corrected chi connectivity index (χ2v) is 5.50. The van der Waals surface area contributed by atoms with E-state index in [0.717, 1.165) is 17.0 Å². The average Bonchev–Trinajstić information content (AvgIpc) is 2.73. The fourth-order valence-electron chi connectivity index (χ4n) is 2.34. The van der Waals surface area contributed by atoms with Gasteiger partial charge in [-0.1, -0.05) is 12.1 Å². The van der Waals surface area contributed by atoms with Gasteiger partial charge in [-0.2, -0.15) is 5.10 Å². The van der Waals surface area contributed by atoms with Crippen LogP contribution in [-0.2, 0) is 17.8 Å². The zero-order valence-corrected chi connectivity index (χ0v) is 13.3. The molecule has 0 unspecified atom stereocenters. The fourth-order valence-corrected chi connectivity index (χ4v) is 2.34. The number of nitrogens with zero attached hydrogens (tertiary/aromatic N) is 2. The van der Waals surface area contributed by atoms with Gasteiger partial charge in [-0.3, -0.25) is 9.48 Å². The first-order chi connectivity index (χ1) is 10.5. The van der Waals surface area contributed by atoms with Crippen LogP contribution in [0.25, 0.3) is 0 Å². The molecule has 1 aromatic heterocycles. The Balaban J connectivity index is 1.75. The number of carbonyl (C=O) groups excluding carboxylic acids is 1. The molecule has 2 rings (SSSR count). The predicted octanol–water partition coefficient (Wildman–Crippen LogP) is 2.70. The number of nitrogens with one attached hydrogen (secondary N) is 1. The first kappa shape index (κ1) is 16.2. The molecule has 1 N–H and O–H groups in total. The Bertz CT molecular complexity index is 664. The third-order valence-corrected chi connectivity index (χ3v) is 3.92. The van der Waals surface area contributed by atoms with Crippen LogP contribution in [0.5, 0.6) is 0 Å². The zero-order valence-electron chi connectivity index (χ0n) is 13.3. The first-order valence-electron chi connectivity index (χ1n) is 7.49. The summed E-state index contributed by atoms with van der Waals surface area (Å²) in [6.07, 6.45) is 0.905. The van der Waals surface area contributed by atoms with Gasteiger partial charge in [0.25, 0.3) is 0 Å². The van der Waals surface area contributed by atoms with Gasteiger partial charge < -0.3 is 5.32 Å². The molecule has 1 amide bonds. The number of rotatable bonds is 6. The molecule has 22 heavy (non-hydrogen) atoms. The smallest absolute Gasteiger partial charge is 0.220 e. The van der Waals surface area contributed by atoms with Crippen molar-refractivity contribution in [3.05, 3.63) is 52.6 Å². The minimum atomic E-state index is -0.266. The van der Waals surface area contributed by atoms with Gasteiger partial charge in [-0.25, -0.2) is 4.39 Å². The third kappa shape index (κ3) is 4.16. The van der Waals surface area contributed by atoms with Crippen LogP contribution in [0, 0.1) is 26.6 Å². The number of hydrogen-bond donors (Lipinski definition) is 1. The van der Waals surface area contributed by atoms with Gasteiger partial charge in [0.15, 0.2) is 0 Å². The molecule has 4 nitrogen and oxygen atoms in total. The second kappa shape index (κ2) is 7.20. The molecule has 5 heteroatoms. The number of aromatic nitrogens is 2. The summed E-state index contributed by atoms with van der Waals surface area (Å²) in [6.45, 7) is 7.26. The van der Waals surface area contributed by atoms with E-state index in [2.05, 4.69) is 10.4 Å². The molecule has 1 aromatic carbocycles. The Morgan fingerprint density at radius 3 is 2.73 bits per heavy atom. The quantitative estimate of drug-likeness (QED) is 0.892. The van der Waals surface area contributed by atoms with E-state index >= 15 is 0 Å².